The second kappa shape index (κ2) is 8.52. The average molecular weight is 348 g/mol. The Morgan fingerprint density at radius 1 is 1.40 bits per heavy atom. The van der Waals surface area contributed by atoms with Gasteiger partial charge < -0.3 is 20.5 Å². The Balaban J connectivity index is 1.84. The first-order valence-electron chi connectivity index (χ1n) is 7.45. The number of methoxy groups -OCH3 is 2. The van der Waals surface area contributed by atoms with Crippen molar-refractivity contribution in [2.75, 3.05) is 20.8 Å². The fourth-order valence-corrected chi connectivity index (χ4v) is 2.08. The molecule has 1 aromatic carbocycles. The van der Waals surface area contributed by atoms with Crippen molar-refractivity contribution in [1.29, 1.82) is 0 Å². The standard InChI is InChI=1S/C15H20N6O4/c1-24-13-4-3-11(7-14(13)25-2)8-18-15(16)17-5-6-20-10-12(9-19-20)21(22)23/h3-4,7,9-10H,5-6,8H2,1-2H3,(H3,16,17,18). The Kier molecular flexibility index (Phi) is 6.15. The molecule has 1 aromatic heterocycles. The molecule has 10 nitrogen and oxygen atoms in total. The third-order valence-electron chi connectivity index (χ3n) is 3.36. The molecule has 0 bridgehead atoms. The van der Waals surface area contributed by atoms with Crippen LogP contribution in [0.3, 0.4) is 0 Å². The van der Waals surface area contributed by atoms with Crippen molar-refractivity contribution in [2.24, 2.45) is 10.7 Å². The highest BCUT2D eigenvalue weighted by Gasteiger charge is 2.08. The van der Waals surface area contributed by atoms with E-state index < -0.39 is 4.92 Å². The van der Waals surface area contributed by atoms with E-state index in [9.17, 15) is 10.1 Å². The van der Waals surface area contributed by atoms with Gasteiger partial charge in [-0.25, -0.2) is 4.99 Å². The van der Waals surface area contributed by atoms with E-state index in [4.69, 9.17) is 15.2 Å². The monoisotopic (exact) mass is 348 g/mol. The van der Waals surface area contributed by atoms with Crippen LogP contribution in [-0.2, 0) is 13.1 Å². The topological polar surface area (TPSA) is 130 Å². The molecule has 0 aliphatic heterocycles. The SMILES string of the molecule is COc1ccc(CN=C(N)NCCn2cc([N+](=O)[O-])cn2)cc1OC. The summed E-state index contributed by atoms with van der Waals surface area (Å²) in [6.45, 7) is 1.26. The van der Waals surface area contributed by atoms with Gasteiger partial charge in [0.2, 0.25) is 0 Å². The van der Waals surface area contributed by atoms with Crippen molar-refractivity contribution in [3.63, 3.8) is 0 Å². The molecule has 2 aromatic rings. The number of ether oxygens (including phenoxy) is 2. The van der Waals surface area contributed by atoms with Gasteiger partial charge in [0.25, 0.3) is 0 Å². The van der Waals surface area contributed by atoms with Gasteiger partial charge >= 0.3 is 5.69 Å². The summed E-state index contributed by atoms with van der Waals surface area (Å²) in [4.78, 5) is 14.3. The summed E-state index contributed by atoms with van der Waals surface area (Å²) < 4.78 is 11.9. The van der Waals surface area contributed by atoms with Crippen LogP contribution in [0.25, 0.3) is 0 Å². The zero-order valence-corrected chi connectivity index (χ0v) is 14.0. The minimum atomic E-state index is -0.490. The number of nitrogens with one attached hydrogen (secondary N) is 1. The molecule has 134 valence electrons. The van der Waals surface area contributed by atoms with Crippen LogP contribution in [0, 0.1) is 10.1 Å². The van der Waals surface area contributed by atoms with Crippen LogP contribution in [0.15, 0.2) is 35.6 Å². The van der Waals surface area contributed by atoms with Gasteiger partial charge in [-0.3, -0.25) is 14.8 Å². The molecule has 0 aliphatic rings. The molecule has 25 heavy (non-hydrogen) atoms. The average Bonchev–Trinajstić information content (AvgIpc) is 3.09. The zero-order chi connectivity index (χ0) is 18.2. The van der Waals surface area contributed by atoms with Crippen LogP contribution in [0.5, 0.6) is 11.5 Å². The number of aliphatic imine (C=N–C) groups is 1. The molecule has 3 N–H and O–H groups in total. The molecule has 0 saturated heterocycles. The minimum absolute atomic E-state index is 0.0462. The van der Waals surface area contributed by atoms with E-state index in [1.165, 1.54) is 17.1 Å². The maximum atomic E-state index is 10.6. The second-order valence-electron chi connectivity index (χ2n) is 5.04. The van der Waals surface area contributed by atoms with Crippen LogP contribution >= 0.6 is 0 Å². The fourth-order valence-electron chi connectivity index (χ4n) is 2.08. The van der Waals surface area contributed by atoms with Crippen molar-refractivity contribution >= 4 is 11.6 Å². The van der Waals surface area contributed by atoms with E-state index in [1.54, 1.807) is 20.3 Å². The number of aromatic nitrogens is 2. The summed E-state index contributed by atoms with van der Waals surface area (Å²) in [7, 11) is 3.15. The lowest BCUT2D eigenvalue weighted by molar-refractivity contribution is -0.385. The normalized spacial score (nSPS) is 11.2. The van der Waals surface area contributed by atoms with Gasteiger partial charge in [0.1, 0.15) is 12.4 Å². The van der Waals surface area contributed by atoms with Gasteiger partial charge in [-0.15, -0.1) is 0 Å². The Hall–Kier alpha value is -3.30. The molecule has 10 heteroatoms. The molecule has 0 unspecified atom stereocenters. The van der Waals surface area contributed by atoms with Gasteiger partial charge in [-0.1, -0.05) is 6.07 Å². The van der Waals surface area contributed by atoms with E-state index in [0.29, 0.717) is 31.1 Å². The van der Waals surface area contributed by atoms with Crippen LogP contribution in [0.1, 0.15) is 5.56 Å². The van der Waals surface area contributed by atoms with Crippen molar-refractivity contribution in [1.82, 2.24) is 15.1 Å². The first kappa shape index (κ1) is 18.0. The first-order valence-corrected chi connectivity index (χ1v) is 7.45. The van der Waals surface area contributed by atoms with Crippen LogP contribution < -0.4 is 20.5 Å². The van der Waals surface area contributed by atoms with Crippen LogP contribution in [0.4, 0.5) is 5.69 Å². The Bertz CT molecular complexity index is 758. The number of guanidine groups is 1. The van der Waals surface area contributed by atoms with E-state index in [1.807, 2.05) is 12.1 Å². The fraction of sp³-hybridized carbons (Fsp3) is 0.333. The summed E-state index contributed by atoms with van der Waals surface area (Å²) in [6.07, 6.45) is 2.56. The summed E-state index contributed by atoms with van der Waals surface area (Å²) in [5.74, 6) is 1.55. The Morgan fingerprint density at radius 3 is 2.80 bits per heavy atom. The molecule has 2 rings (SSSR count). The lowest BCUT2D eigenvalue weighted by Gasteiger charge is -2.09. The summed E-state index contributed by atoms with van der Waals surface area (Å²) in [6, 6.07) is 5.51. The zero-order valence-electron chi connectivity index (χ0n) is 14.0. The molecule has 0 amide bonds. The Labute approximate surface area is 144 Å². The molecule has 1 heterocycles. The van der Waals surface area contributed by atoms with Gasteiger partial charge in [-0.2, -0.15) is 5.10 Å². The van der Waals surface area contributed by atoms with Gasteiger partial charge in [-0.05, 0) is 17.7 Å². The highest BCUT2D eigenvalue weighted by Crippen LogP contribution is 2.27. The van der Waals surface area contributed by atoms with E-state index in [2.05, 4.69) is 15.4 Å². The van der Waals surface area contributed by atoms with E-state index >= 15 is 0 Å². The minimum Gasteiger partial charge on any atom is -0.493 e. The molecule has 0 aliphatic carbocycles. The highest BCUT2D eigenvalue weighted by atomic mass is 16.6. The maximum Gasteiger partial charge on any atom is 0.306 e. The number of nitrogens with two attached hydrogens (primary N) is 1. The molecule has 0 spiro atoms. The Morgan fingerprint density at radius 2 is 2.16 bits per heavy atom. The molecular weight excluding hydrogens is 328 g/mol. The quantitative estimate of drug-likeness (QED) is 0.314. The number of benzene rings is 1. The lowest BCUT2D eigenvalue weighted by Crippen LogP contribution is -2.34. The first-order chi connectivity index (χ1) is 12.0. The lowest BCUT2D eigenvalue weighted by atomic mass is 10.2. The number of nitro groups is 1. The molecular formula is C15H20N6O4. The molecule has 0 fully saturated rings. The summed E-state index contributed by atoms with van der Waals surface area (Å²) in [5.41, 5.74) is 6.69. The summed E-state index contributed by atoms with van der Waals surface area (Å²) in [5, 5.41) is 17.4. The number of nitrogens with zero attached hydrogens (tertiary/aromatic N) is 4. The third-order valence-corrected chi connectivity index (χ3v) is 3.36. The predicted octanol–water partition coefficient (Wildman–Crippen LogP) is 0.913. The van der Waals surface area contributed by atoms with Gasteiger partial charge in [0.05, 0.1) is 32.2 Å². The third kappa shape index (κ3) is 5.09. The highest BCUT2D eigenvalue weighted by molar-refractivity contribution is 5.77. The number of hydrogen-bond acceptors (Lipinski definition) is 6. The maximum absolute atomic E-state index is 10.6. The van der Waals surface area contributed by atoms with E-state index in [0.717, 1.165) is 5.56 Å². The van der Waals surface area contributed by atoms with Crippen LogP contribution in [0.2, 0.25) is 0 Å². The predicted molar refractivity (Wildman–Crippen MR) is 91.8 cm³/mol. The second-order valence-corrected chi connectivity index (χ2v) is 5.04. The smallest absolute Gasteiger partial charge is 0.306 e. The van der Waals surface area contributed by atoms with Crippen LogP contribution in [-0.4, -0.2) is 41.4 Å². The van der Waals surface area contributed by atoms with E-state index in [-0.39, 0.29) is 11.6 Å². The summed E-state index contributed by atoms with van der Waals surface area (Å²) >= 11 is 0. The van der Waals surface area contributed by atoms with Gasteiger partial charge in [0.15, 0.2) is 17.5 Å². The number of hydrogen-bond donors (Lipinski definition) is 2. The molecule has 0 saturated carbocycles. The molecule has 0 atom stereocenters. The van der Waals surface area contributed by atoms with Crippen molar-refractivity contribution in [3.05, 3.63) is 46.3 Å². The molecule has 0 radical (unpaired) electrons. The largest absolute Gasteiger partial charge is 0.493 e. The van der Waals surface area contributed by atoms with Crippen molar-refractivity contribution in [3.8, 4) is 11.5 Å². The van der Waals surface area contributed by atoms with Crippen molar-refractivity contribution in [2.45, 2.75) is 13.1 Å². The number of rotatable bonds is 8. The van der Waals surface area contributed by atoms with Crippen molar-refractivity contribution < 1.29 is 14.4 Å². The van der Waals surface area contributed by atoms with Gasteiger partial charge in [0, 0.05) is 6.54 Å².